The second kappa shape index (κ2) is 13.7. The zero-order valence-electron chi connectivity index (χ0n) is 20.1. The largest absolute Gasteiger partial charge is 0.417 e. The molecule has 1 atom stereocenters. The van der Waals surface area contributed by atoms with Gasteiger partial charge in [0.05, 0.1) is 5.57 Å². The van der Waals surface area contributed by atoms with Crippen LogP contribution in [0.5, 0.6) is 0 Å². The number of alkyl halides is 4. The Hall–Kier alpha value is -3.16. The number of hydrogen-bond acceptors (Lipinski definition) is 3. The lowest BCUT2D eigenvalue weighted by molar-refractivity contribution is -0.0859. The highest BCUT2D eigenvalue weighted by molar-refractivity contribution is 5.99. The monoisotopic (exact) mass is 491 g/mol. The molecule has 188 valence electrons. The Bertz CT molecular complexity index is 1050. The van der Waals surface area contributed by atoms with Crippen molar-refractivity contribution >= 4 is 17.5 Å². The SMILES string of the molecule is CCC(C)/C(=C\N=C(/C)c1ccc(F)nc1)c1ccc(CCC/N=C\C(=C/CF)C(F)(F)F)cc1. The summed E-state index contributed by atoms with van der Waals surface area (Å²) in [6.07, 6.45) is 2.00. The van der Waals surface area contributed by atoms with Crippen LogP contribution in [0.4, 0.5) is 22.0 Å². The van der Waals surface area contributed by atoms with Crippen LogP contribution in [-0.2, 0) is 6.42 Å². The Labute approximate surface area is 203 Å². The molecule has 0 aliphatic heterocycles. The van der Waals surface area contributed by atoms with E-state index in [2.05, 4.69) is 28.8 Å². The number of rotatable bonds is 11. The second-order valence-corrected chi connectivity index (χ2v) is 8.13. The lowest BCUT2D eigenvalue weighted by Gasteiger charge is -2.14. The first kappa shape index (κ1) is 28.1. The predicted octanol–water partition coefficient (Wildman–Crippen LogP) is 7.58. The molecular formula is C27H30F5N3. The van der Waals surface area contributed by atoms with E-state index in [0.717, 1.165) is 34.4 Å². The van der Waals surface area contributed by atoms with E-state index in [1.807, 2.05) is 37.4 Å². The first-order valence-electron chi connectivity index (χ1n) is 11.4. The van der Waals surface area contributed by atoms with Gasteiger partial charge < -0.3 is 0 Å². The normalized spacial score (nSPS) is 14.6. The third-order valence-electron chi connectivity index (χ3n) is 5.58. The smallest absolute Gasteiger partial charge is 0.293 e. The Morgan fingerprint density at radius 3 is 2.34 bits per heavy atom. The molecule has 0 amide bonds. The molecule has 0 bridgehead atoms. The lowest BCUT2D eigenvalue weighted by Crippen LogP contribution is -2.13. The molecule has 35 heavy (non-hydrogen) atoms. The number of halogens is 5. The fourth-order valence-corrected chi connectivity index (χ4v) is 3.26. The van der Waals surface area contributed by atoms with E-state index < -0.39 is 24.4 Å². The topological polar surface area (TPSA) is 37.6 Å². The molecule has 0 radical (unpaired) electrons. The molecule has 8 heteroatoms. The second-order valence-electron chi connectivity index (χ2n) is 8.13. The van der Waals surface area contributed by atoms with Gasteiger partial charge in [0.1, 0.15) is 6.67 Å². The van der Waals surface area contributed by atoms with Crippen LogP contribution in [0.3, 0.4) is 0 Å². The standard InChI is InChI=1S/C27H30F5N3/c1-4-19(2)25(18-34-20(3)23-11-12-26(29)35-16-23)22-9-7-21(8-10-22)6-5-15-33-17-24(13-14-28)27(30,31)32/h7-13,16-19H,4-6,14-15H2,1-3H3/b24-13+,25-18+,33-17-,34-20+. The molecule has 1 unspecified atom stereocenters. The van der Waals surface area contributed by atoms with Gasteiger partial charge in [0.25, 0.3) is 0 Å². The van der Waals surface area contributed by atoms with Crippen molar-refractivity contribution in [3.05, 3.63) is 83.1 Å². The molecule has 0 N–H and O–H groups in total. The van der Waals surface area contributed by atoms with Crippen molar-refractivity contribution in [2.75, 3.05) is 13.2 Å². The molecular weight excluding hydrogens is 461 g/mol. The van der Waals surface area contributed by atoms with Crippen molar-refractivity contribution in [2.45, 2.75) is 46.2 Å². The number of aryl methyl sites for hydroxylation is 1. The molecule has 0 aliphatic rings. The molecule has 1 aromatic heterocycles. The summed E-state index contributed by atoms with van der Waals surface area (Å²) in [4.78, 5) is 12.0. The molecule has 0 spiro atoms. The predicted molar refractivity (Wildman–Crippen MR) is 132 cm³/mol. The maximum absolute atomic E-state index is 13.1. The number of pyridine rings is 1. The first-order valence-corrected chi connectivity index (χ1v) is 11.4. The highest BCUT2D eigenvalue weighted by Gasteiger charge is 2.31. The molecule has 0 aliphatic carbocycles. The molecule has 0 fully saturated rings. The Morgan fingerprint density at radius 2 is 1.77 bits per heavy atom. The average molecular weight is 492 g/mol. The summed E-state index contributed by atoms with van der Waals surface area (Å²) in [6.45, 7) is 5.09. The Kier molecular flexibility index (Phi) is 11.0. The van der Waals surface area contributed by atoms with E-state index in [0.29, 0.717) is 25.1 Å². The van der Waals surface area contributed by atoms with Crippen LogP contribution in [0.25, 0.3) is 5.57 Å². The number of nitrogens with zero attached hydrogens (tertiary/aromatic N) is 3. The van der Waals surface area contributed by atoms with Crippen molar-refractivity contribution in [1.29, 1.82) is 0 Å². The third-order valence-corrected chi connectivity index (χ3v) is 5.58. The summed E-state index contributed by atoms with van der Waals surface area (Å²) in [5, 5.41) is 0. The fourth-order valence-electron chi connectivity index (χ4n) is 3.26. The summed E-state index contributed by atoms with van der Waals surface area (Å²) in [5.41, 5.74) is 3.54. The van der Waals surface area contributed by atoms with E-state index in [-0.39, 0.29) is 12.5 Å². The van der Waals surface area contributed by atoms with Crippen molar-refractivity contribution in [2.24, 2.45) is 15.9 Å². The number of aromatic nitrogens is 1. The van der Waals surface area contributed by atoms with Gasteiger partial charge in [0.2, 0.25) is 5.95 Å². The van der Waals surface area contributed by atoms with Gasteiger partial charge in [-0.05, 0) is 67.0 Å². The molecule has 1 heterocycles. The molecule has 2 rings (SSSR count). The fraction of sp³-hybridized carbons (Fsp3) is 0.370. The minimum absolute atomic E-state index is 0.214. The highest BCUT2D eigenvalue weighted by Crippen LogP contribution is 2.27. The van der Waals surface area contributed by atoms with Crippen LogP contribution >= 0.6 is 0 Å². The third kappa shape index (κ3) is 9.19. The van der Waals surface area contributed by atoms with E-state index in [1.54, 1.807) is 6.07 Å². The van der Waals surface area contributed by atoms with Gasteiger partial charge in [0, 0.05) is 36.4 Å². The van der Waals surface area contributed by atoms with Crippen LogP contribution < -0.4 is 0 Å². The van der Waals surface area contributed by atoms with Crippen LogP contribution in [0.2, 0.25) is 0 Å². The maximum Gasteiger partial charge on any atom is 0.417 e. The van der Waals surface area contributed by atoms with E-state index in [1.165, 1.54) is 12.3 Å². The van der Waals surface area contributed by atoms with Crippen LogP contribution in [-0.4, -0.2) is 36.3 Å². The van der Waals surface area contributed by atoms with Gasteiger partial charge in [-0.15, -0.1) is 0 Å². The molecule has 0 saturated heterocycles. The maximum atomic E-state index is 13.1. The molecule has 0 saturated carbocycles. The summed E-state index contributed by atoms with van der Waals surface area (Å²) in [5.74, 6) is -0.276. The molecule has 1 aromatic carbocycles. The summed E-state index contributed by atoms with van der Waals surface area (Å²) >= 11 is 0. The number of hydrogen-bond donors (Lipinski definition) is 0. The Balaban J connectivity index is 2.05. The van der Waals surface area contributed by atoms with E-state index in [4.69, 9.17) is 0 Å². The van der Waals surface area contributed by atoms with E-state index >= 15 is 0 Å². The van der Waals surface area contributed by atoms with E-state index in [9.17, 15) is 22.0 Å². The van der Waals surface area contributed by atoms with Gasteiger partial charge >= 0.3 is 6.18 Å². The van der Waals surface area contributed by atoms with Gasteiger partial charge in [-0.25, -0.2) is 9.37 Å². The van der Waals surface area contributed by atoms with Gasteiger partial charge in [0.15, 0.2) is 0 Å². The van der Waals surface area contributed by atoms with Crippen LogP contribution in [0, 0.1) is 11.9 Å². The van der Waals surface area contributed by atoms with Crippen molar-refractivity contribution in [1.82, 2.24) is 4.98 Å². The number of allylic oxidation sites excluding steroid dienone is 3. The summed E-state index contributed by atoms with van der Waals surface area (Å²) < 4.78 is 63.4. The minimum Gasteiger partial charge on any atom is -0.293 e. The van der Waals surface area contributed by atoms with Gasteiger partial charge in [-0.1, -0.05) is 38.1 Å². The number of benzene rings is 1. The van der Waals surface area contributed by atoms with Gasteiger partial charge in [-0.2, -0.15) is 17.6 Å². The van der Waals surface area contributed by atoms with Crippen LogP contribution in [0.15, 0.2) is 70.4 Å². The van der Waals surface area contributed by atoms with Crippen molar-refractivity contribution in [3.63, 3.8) is 0 Å². The molecule has 2 aromatic rings. The summed E-state index contributed by atoms with van der Waals surface area (Å²) in [6, 6.07) is 10.9. The zero-order chi connectivity index (χ0) is 25.8. The van der Waals surface area contributed by atoms with Crippen molar-refractivity contribution < 1.29 is 22.0 Å². The molecule has 3 nitrogen and oxygen atoms in total. The minimum atomic E-state index is -4.61. The Morgan fingerprint density at radius 1 is 1.09 bits per heavy atom. The summed E-state index contributed by atoms with van der Waals surface area (Å²) in [7, 11) is 0. The quantitative estimate of drug-likeness (QED) is 0.138. The highest BCUT2D eigenvalue weighted by atomic mass is 19.4. The number of aliphatic imine (C=N–C) groups is 2. The van der Waals surface area contributed by atoms with Crippen molar-refractivity contribution in [3.8, 4) is 0 Å². The first-order chi connectivity index (χ1) is 16.7. The zero-order valence-corrected chi connectivity index (χ0v) is 20.1. The van der Waals surface area contributed by atoms with Crippen LogP contribution in [0.1, 0.15) is 50.3 Å². The van der Waals surface area contributed by atoms with Gasteiger partial charge in [-0.3, -0.25) is 9.98 Å². The lowest BCUT2D eigenvalue weighted by atomic mass is 9.92. The average Bonchev–Trinajstić information content (AvgIpc) is 2.83.